The number of halogens is 1. The van der Waals surface area contributed by atoms with Gasteiger partial charge in [-0.3, -0.25) is 0 Å². The Bertz CT molecular complexity index is 733. The van der Waals surface area contributed by atoms with Crippen molar-refractivity contribution in [3.63, 3.8) is 0 Å². The van der Waals surface area contributed by atoms with E-state index in [-0.39, 0.29) is 11.4 Å². The fourth-order valence-corrected chi connectivity index (χ4v) is 2.90. The van der Waals surface area contributed by atoms with E-state index in [4.69, 9.17) is 0 Å². The second-order valence-electron chi connectivity index (χ2n) is 4.66. The Morgan fingerprint density at radius 3 is 2.67 bits per heavy atom. The summed E-state index contributed by atoms with van der Waals surface area (Å²) in [5.41, 5.74) is 0.738. The molecule has 5 nitrogen and oxygen atoms in total. The highest BCUT2D eigenvalue weighted by Gasteiger charge is 2.15. The van der Waals surface area contributed by atoms with Gasteiger partial charge in [-0.05, 0) is 24.3 Å². The van der Waals surface area contributed by atoms with Gasteiger partial charge >= 0.3 is 0 Å². The number of sulfonamides is 1. The zero-order chi connectivity index (χ0) is 15.5. The van der Waals surface area contributed by atoms with E-state index < -0.39 is 15.8 Å². The maximum absolute atomic E-state index is 13.1. The zero-order valence-electron chi connectivity index (χ0n) is 11.7. The molecular weight excluding hydrogens is 293 g/mol. The van der Waals surface area contributed by atoms with Gasteiger partial charge < -0.3 is 4.90 Å². The molecule has 0 saturated heterocycles. The normalized spacial score (nSPS) is 11.4. The molecule has 0 spiro atoms. The van der Waals surface area contributed by atoms with Gasteiger partial charge in [0.25, 0.3) is 0 Å². The maximum Gasteiger partial charge on any atom is 0.240 e. The van der Waals surface area contributed by atoms with E-state index in [1.54, 1.807) is 23.2 Å². The molecule has 0 unspecified atom stereocenters. The second kappa shape index (κ2) is 6.19. The number of hydrogen-bond acceptors (Lipinski definition) is 4. The number of anilines is 1. The summed E-state index contributed by atoms with van der Waals surface area (Å²) < 4.78 is 39.8. The minimum absolute atomic E-state index is 0.0835. The fourth-order valence-electron chi connectivity index (χ4n) is 1.86. The summed E-state index contributed by atoms with van der Waals surface area (Å²) in [6, 6.07) is 8.42. The molecule has 0 fully saturated rings. The van der Waals surface area contributed by atoms with Crippen LogP contribution in [-0.2, 0) is 16.6 Å². The molecule has 1 heterocycles. The Morgan fingerprint density at radius 1 is 1.24 bits per heavy atom. The smallest absolute Gasteiger partial charge is 0.240 e. The van der Waals surface area contributed by atoms with Crippen LogP contribution >= 0.6 is 0 Å². The van der Waals surface area contributed by atoms with Crippen LogP contribution < -0.4 is 9.62 Å². The molecule has 112 valence electrons. The first-order valence-electron chi connectivity index (χ1n) is 6.26. The summed E-state index contributed by atoms with van der Waals surface area (Å²) >= 11 is 0. The van der Waals surface area contributed by atoms with Crippen LogP contribution in [0, 0.1) is 5.82 Å². The number of hydrogen-bond donors (Lipinski definition) is 1. The molecule has 21 heavy (non-hydrogen) atoms. The van der Waals surface area contributed by atoms with Crippen LogP contribution in [0.1, 0.15) is 5.56 Å². The van der Waals surface area contributed by atoms with Crippen molar-refractivity contribution in [1.29, 1.82) is 0 Å². The topological polar surface area (TPSA) is 62.3 Å². The minimum Gasteiger partial charge on any atom is -0.362 e. The summed E-state index contributed by atoms with van der Waals surface area (Å²) in [7, 11) is -0.107. The fraction of sp³-hybridized carbons (Fsp3) is 0.214. The molecule has 7 heteroatoms. The third-order valence-electron chi connectivity index (χ3n) is 2.85. The molecule has 1 aromatic carbocycles. The Labute approximate surface area is 123 Å². The lowest BCUT2D eigenvalue weighted by Crippen LogP contribution is -2.25. The molecule has 2 aromatic rings. The summed E-state index contributed by atoms with van der Waals surface area (Å²) in [5, 5.41) is 0. The average Bonchev–Trinajstić information content (AvgIpc) is 2.45. The molecule has 0 atom stereocenters. The van der Waals surface area contributed by atoms with E-state index in [2.05, 4.69) is 9.71 Å². The number of benzene rings is 1. The van der Waals surface area contributed by atoms with E-state index in [1.165, 1.54) is 18.2 Å². The quantitative estimate of drug-likeness (QED) is 0.914. The third kappa shape index (κ3) is 3.77. The Hall–Kier alpha value is -1.99. The van der Waals surface area contributed by atoms with Gasteiger partial charge in [0.2, 0.25) is 10.0 Å². The van der Waals surface area contributed by atoms with E-state index in [9.17, 15) is 12.8 Å². The SMILES string of the molecule is CN(C)c1ncccc1CNS(=O)(=O)c1cccc(F)c1. The molecule has 0 amide bonds. The average molecular weight is 309 g/mol. The molecule has 0 aliphatic carbocycles. The van der Waals surface area contributed by atoms with Crippen LogP contribution in [0.2, 0.25) is 0 Å². The highest BCUT2D eigenvalue weighted by Crippen LogP contribution is 2.16. The predicted molar refractivity (Wildman–Crippen MR) is 79.0 cm³/mol. The van der Waals surface area contributed by atoms with Crippen LogP contribution in [-0.4, -0.2) is 27.5 Å². The molecule has 1 aromatic heterocycles. The van der Waals surface area contributed by atoms with Gasteiger partial charge in [0, 0.05) is 32.4 Å². The Kier molecular flexibility index (Phi) is 4.54. The molecule has 2 rings (SSSR count). The number of rotatable bonds is 5. The van der Waals surface area contributed by atoms with Gasteiger partial charge in [-0.15, -0.1) is 0 Å². The molecule has 0 radical (unpaired) electrons. The Balaban J connectivity index is 2.20. The van der Waals surface area contributed by atoms with Crippen LogP contribution in [0.25, 0.3) is 0 Å². The van der Waals surface area contributed by atoms with Crippen molar-refractivity contribution in [3.8, 4) is 0 Å². The first-order valence-corrected chi connectivity index (χ1v) is 7.75. The van der Waals surface area contributed by atoms with Crippen molar-refractivity contribution >= 4 is 15.8 Å². The highest BCUT2D eigenvalue weighted by atomic mass is 32.2. The standard InChI is InChI=1S/C14H16FN3O2S/c1-18(2)14-11(5-4-8-16-14)10-17-21(19,20)13-7-3-6-12(15)9-13/h3-9,17H,10H2,1-2H3. The predicted octanol–water partition coefficient (Wildman–Crippen LogP) is 1.77. The van der Waals surface area contributed by atoms with Crippen LogP contribution in [0.5, 0.6) is 0 Å². The van der Waals surface area contributed by atoms with Crippen molar-refractivity contribution in [3.05, 3.63) is 54.0 Å². The monoisotopic (exact) mass is 309 g/mol. The van der Waals surface area contributed by atoms with Gasteiger partial charge in [0.15, 0.2) is 0 Å². The lowest BCUT2D eigenvalue weighted by Gasteiger charge is -2.16. The van der Waals surface area contributed by atoms with Crippen LogP contribution in [0.15, 0.2) is 47.5 Å². The molecule has 0 aliphatic rings. The molecular formula is C14H16FN3O2S. The summed E-state index contributed by atoms with van der Waals surface area (Å²) in [4.78, 5) is 5.89. The summed E-state index contributed by atoms with van der Waals surface area (Å²) in [6.45, 7) is 0.0835. The van der Waals surface area contributed by atoms with Crippen LogP contribution in [0.3, 0.4) is 0 Å². The minimum atomic E-state index is -3.76. The van der Waals surface area contributed by atoms with Crippen molar-refractivity contribution in [2.45, 2.75) is 11.4 Å². The molecule has 0 saturated carbocycles. The van der Waals surface area contributed by atoms with Gasteiger partial charge in [-0.1, -0.05) is 12.1 Å². The lowest BCUT2D eigenvalue weighted by molar-refractivity contribution is 0.577. The molecule has 0 bridgehead atoms. The third-order valence-corrected chi connectivity index (χ3v) is 4.25. The second-order valence-corrected chi connectivity index (χ2v) is 6.43. The molecule has 1 N–H and O–H groups in total. The number of pyridine rings is 1. The maximum atomic E-state index is 13.1. The van der Waals surface area contributed by atoms with Gasteiger partial charge in [-0.2, -0.15) is 0 Å². The largest absolute Gasteiger partial charge is 0.362 e. The van der Waals surface area contributed by atoms with Crippen molar-refractivity contribution < 1.29 is 12.8 Å². The first kappa shape index (κ1) is 15.4. The Morgan fingerprint density at radius 2 is 2.00 bits per heavy atom. The highest BCUT2D eigenvalue weighted by molar-refractivity contribution is 7.89. The summed E-state index contributed by atoms with van der Waals surface area (Å²) in [6.07, 6.45) is 1.64. The van der Waals surface area contributed by atoms with Gasteiger partial charge in [0.05, 0.1) is 4.90 Å². The van der Waals surface area contributed by atoms with E-state index in [0.29, 0.717) is 5.82 Å². The zero-order valence-corrected chi connectivity index (χ0v) is 12.6. The van der Waals surface area contributed by atoms with E-state index in [0.717, 1.165) is 11.6 Å². The van der Waals surface area contributed by atoms with Crippen molar-refractivity contribution in [2.24, 2.45) is 0 Å². The number of nitrogens with zero attached hydrogens (tertiary/aromatic N) is 2. The van der Waals surface area contributed by atoms with Crippen molar-refractivity contribution in [2.75, 3.05) is 19.0 Å². The van der Waals surface area contributed by atoms with Crippen molar-refractivity contribution in [1.82, 2.24) is 9.71 Å². The lowest BCUT2D eigenvalue weighted by atomic mass is 10.2. The summed E-state index contributed by atoms with van der Waals surface area (Å²) in [5.74, 6) is 0.0904. The van der Waals surface area contributed by atoms with Gasteiger partial charge in [0.1, 0.15) is 11.6 Å². The number of aromatic nitrogens is 1. The van der Waals surface area contributed by atoms with E-state index in [1.807, 2.05) is 14.1 Å². The van der Waals surface area contributed by atoms with Crippen LogP contribution in [0.4, 0.5) is 10.2 Å². The molecule has 0 aliphatic heterocycles. The first-order chi connectivity index (χ1) is 9.90. The van der Waals surface area contributed by atoms with Gasteiger partial charge in [-0.25, -0.2) is 22.5 Å². The van der Waals surface area contributed by atoms with E-state index >= 15 is 0 Å². The number of nitrogens with one attached hydrogen (secondary N) is 1.